The predicted molar refractivity (Wildman–Crippen MR) is 59.2 cm³/mol. The zero-order chi connectivity index (χ0) is 10.7. The molecule has 0 atom stereocenters. The van der Waals surface area contributed by atoms with Crippen LogP contribution in [0.3, 0.4) is 0 Å². The highest BCUT2D eigenvalue weighted by molar-refractivity contribution is 5.39. The molecule has 0 saturated carbocycles. The van der Waals surface area contributed by atoms with E-state index in [1.165, 1.54) is 12.8 Å². The van der Waals surface area contributed by atoms with Crippen molar-refractivity contribution in [2.24, 2.45) is 0 Å². The molecule has 1 N–H and O–H groups in total. The first kappa shape index (κ1) is 10.3. The fraction of sp³-hybridized carbons (Fsp3) is 0.500. The van der Waals surface area contributed by atoms with Gasteiger partial charge in [-0.3, -0.25) is 4.90 Å². The Labute approximate surface area is 90.3 Å². The van der Waals surface area contributed by atoms with E-state index in [4.69, 9.17) is 4.74 Å². The summed E-state index contributed by atoms with van der Waals surface area (Å²) >= 11 is 0. The van der Waals surface area contributed by atoms with Crippen molar-refractivity contribution in [3.8, 4) is 11.5 Å². The second-order valence-corrected chi connectivity index (χ2v) is 3.98. The van der Waals surface area contributed by atoms with Gasteiger partial charge in [-0.2, -0.15) is 0 Å². The molecular weight excluding hydrogens is 190 g/mol. The van der Waals surface area contributed by atoms with Crippen LogP contribution in [0.1, 0.15) is 18.4 Å². The monoisotopic (exact) mass is 207 g/mol. The molecule has 0 bridgehead atoms. The van der Waals surface area contributed by atoms with Gasteiger partial charge in [0.1, 0.15) is 11.5 Å². The second-order valence-electron chi connectivity index (χ2n) is 3.98. The summed E-state index contributed by atoms with van der Waals surface area (Å²) in [6.07, 6.45) is 2.56. The number of phenolic OH excluding ortho intramolecular Hbond substituents is 1. The molecule has 0 radical (unpaired) electrons. The van der Waals surface area contributed by atoms with Crippen molar-refractivity contribution in [1.29, 1.82) is 0 Å². The van der Waals surface area contributed by atoms with Gasteiger partial charge in [0.15, 0.2) is 0 Å². The number of nitrogens with zero attached hydrogens (tertiary/aromatic N) is 1. The summed E-state index contributed by atoms with van der Waals surface area (Å²) in [6.45, 7) is 3.18. The predicted octanol–water partition coefficient (Wildman–Crippen LogP) is 2.00. The molecule has 2 rings (SSSR count). The number of hydrogen-bond donors (Lipinski definition) is 1. The first-order valence-electron chi connectivity index (χ1n) is 5.38. The Balaban J connectivity index is 2.14. The maximum Gasteiger partial charge on any atom is 0.123 e. The van der Waals surface area contributed by atoms with Gasteiger partial charge in [0, 0.05) is 12.1 Å². The molecule has 1 aliphatic rings. The number of methoxy groups -OCH3 is 1. The summed E-state index contributed by atoms with van der Waals surface area (Å²) in [5.74, 6) is 1.17. The third-order valence-electron chi connectivity index (χ3n) is 2.86. The maximum atomic E-state index is 9.43. The van der Waals surface area contributed by atoms with E-state index in [1.807, 2.05) is 6.07 Å². The van der Waals surface area contributed by atoms with Gasteiger partial charge in [0.2, 0.25) is 0 Å². The number of phenols is 1. The van der Waals surface area contributed by atoms with Crippen LogP contribution in [0.5, 0.6) is 11.5 Å². The highest BCUT2D eigenvalue weighted by Gasteiger charge is 2.14. The molecule has 0 spiro atoms. The first-order valence-corrected chi connectivity index (χ1v) is 5.38. The van der Waals surface area contributed by atoms with Gasteiger partial charge in [-0.25, -0.2) is 0 Å². The van der Waals surface area contributed by atoms with Crippen molar-refractivity contribution in [2.45, 2.75) is 19.4 Å². The molecule has 3 nitrogen and oxygen atoms in total. The van der Waals surface area contributed by atoms with Crippen LogP contribution < -0.4 is 4.74 Å². The number of likely N-dealkylation sites (tertiary alicyclic amines) is 1. The minimum Gasteiger partial charge on any atom is -0.508 e. The molecule has 0 aliphatic carbocycles. The Morgan fingerprint density at radius 3 is 2.73 bits per heavy atom. The van der Waals surface area contributed by atoms with Crippen LogP contribution in [0.4, 0.5) is 0 Å². The summed E-state index contributed by atoms with van der Waals surface area (Å²) < 4.78 is 5.27. The average Bonchev–Trinajstić information content (AvgIpc) is 2.71. The number of rotatable bonds is 3. The normalized spacial score (nSPS) is 16.9. The van der Waals surface area contributed by atoms with Crippen LogP contribution in [0.15, 0.2) is 18.2 Å². The zero-order valence-corrected chi connectivity index (χ0v) is 9.07. The highest BCUT2D eigenvalue weighted by Crippen LogP contribution is 2.25. The molecule has 1 heterocycles. The third kappa shape index (κ3) is 2.42. The molecule has 0 unspecified atom stereocenters. The molecule has 3 heteroatoms. The standard InChI is InChI=1S/C12H17NO2/c1-15-12-5-4-11(14)8-10(12)9-13-6-2-3-7-13/h4-5,8,14H,2-3,6-7,9H2,1H3. The van der Waals surface area contributed by atoms with Gasteiger partial charge in [0.05, 0.1) is 7.11 Å². The minimum absolute atomic E-state index is 0.310. The Hall–Kier alpha value is -1.22. The molecule has 82 valence electrons. The van der Waals surface area contributed by atoms with Crippen LogP contribution in [0, 0.1) is 0 Å². The lowest BCUT2D eigenvalue weighted by Gasteiger charge is -2.16. The largest absolute Gasteiger partial charge is 0.508 e. The van der Waals surface area contributed by atoms with Crippen LogP contribution in [0.2, 0.25) is 0 Å². The lowest BCUT2D eigenvalue weighted by molar-refractivity contribution is 0.320. The maximum absolute atomic E-state index is 9.43. The molecule has 0 amide bonds. The lowest BCUT2D eigenvalue weighted by atomic mass is 10.2. The van der Waals surface area contributed by atoms with E-state index in [1.54, 1.807) is 19.2 Å². The van der Waals surface area contributed by atoms with Crippen molar-refractivity contribution in [2.75, 3.05) is 20.2 Å². The number of ether oxygens (including phenoxy) is 1. The van der Waals surface area contributed by atoms with Crippen molar-refractivity contribution in [1.82, 2.24) is 4.90 Å². The average molecular weight is 207 g/mol. The SMILES string of the molecule is COc1ccc(O)cc1CN1CCCC1. The van der Waals surface area contributed by atoms with E-state index in [0.717, 1.165) is 30.9 Å². The van der Waals surface area contributed by atoms with Crippen molar-refractivity contribution in [3.63, 3.8) is 0 Å². The number of hydrogen-bond acceptors (Lipinski definition) is 3. The van der Waals surface area contributed by atoms with Gasteiger partial charge >= 0.3 is 0 Å². The molecule has 0 aromatic heterocycles. The third-order valence-corrected chi connectivity index (χ3v) is 2.86. The fourth-order valence-electron chi connectivity index (χ4n) is 2.07. The topological polar surface area (TPSA) is 32.7 Å². The highest BCUT2D eigenvalue weighted by atomic mass is 16.5. The zero-order valence-electron chi connectivity index (χ0n) is 9.07. The van der Waals surface area contributed by atoms with Crippen LogP contribution in [0.25, 0.3) is 0 Å². The van der Waals surface area contributed by atoms with Crippen LogP contribution in [-0.4, -0.2) is 30.2 Å². The van der Waals surface area contributed by atoms with Crippen molar-refractivity contribution < 1.29 is 9.84 Å². The van der Waals surface area contributed by atoms with Gasteiger partial charge in [-0.1, -0.05) is 0 Å². The Morgan fingerprint density at radius 1 is 1.33 bits per heavy atom. The van der Waals surface area contributed by atoms with Crippen LogP contribution >= 0.6 is 0 Å². The molecule has 1 saturated heterocycles. The number of benzene rings is 1. The quantitative estimate of drug-likeness (QED) is 0.822. The first-order chi connectivity index (χ1) is 7.29. The number of aromatic hydroxyl groups is 1. The van der Waals surface area contributed by atoms with Crippen LogP contribution in [-0.2, 0) is 6.54 Å². The summed E-state index contributed by atoms with van der Waals surface area (Å²) in [5.41, 5.74) is 1.07. The molecule has 1 fully saturated rings. The molecule has 15 heavy (non-hydrogen) atoms. The fourth-order valence-corrected chi connectivity index (χ4v) is 2.07. The van der Waals surface area contributed by atoms with E-state index in [2.05, 4.69) is 4.90 Å². The molecule has 1 aliphatic heterocycles. The van der Waals surface area contributed by atoms with Crippen molar-refractivity contribution in [3.05, 3.63) is 23.8 Å². The van der Waals surface area contributed by atoms with Gasteiger partial charge in [0.25, 0.3) is 0 Å². The van der Waals surface area contributed by atoms with E-state index in [-0.39, 0.29) is 0 Å². The van der Waals surface area contributed by atoms with Gasteiger partial charge < -0.3 is 9.84 Å². The molecule has 1 aromatic carbocycles. The summed E-state index contributed by atoms with van der Waals surface area (Å²) in [5, 5.41) is 9.43. The van der Waals surface area contributed by atoms with E-state index < -0.39 is 0 Å². The molecular formula is C12H17NO2. The smallest absolute Gasteiger partial charge is 0.123 e. The minimum atomic E-state index is 0.310. The van der Waals surface area contributed by atoms with Gasteiger partial charge in [-0.15, -0.1) is 0 Å². The van der Waals surface area contributed by atoms with E-state index >= 15 is 0 Å². The van der Waals surface area contributed by atoms with Gasteiger partial charge in [-0.05, 0) is 44.1 Å². The Morgan fingerprint density at radius 2 is 2.07 bits per heavy atom. The Kier molecular flexibility index (Phi) is 3.11. The molecule has 1 aromatic rings. The van der Waals surface area contributed by atoms with E-state index in [0.29, 0.717) is 5.75 Å². The second kappa shape index (κ2) is 4.53. The van der Waals surface area contributed by atoms with E-state index in [9.17, 15) is 5.11 Å². The summed E-state index contributed by atoms with van der Waals surface area (Å²) in [6, 6.07) is 5.27. The van der Waals surface area contributed by atoms with Crippen molar-refractivity contribution >= 4 is 0 Å². The summed E-state index contributed by atoms with van der Waals surface area (Å²) in [4.78, 5) is 2.39. The Bertz CT molecular complexity index is 332. The lowest BCUT2D eigenvalue weighted by Crippen LogP contribution is -2.18. The summed E-state index contributed by atoms with van der Waals surface area (Å²) in [7, 11) is 1.67.